The molecule has 0 radical (unpaired) electrons. The summed E-state index contributed by atoms with van der Waals surface area (Å²) in [5.74, 6) is -0.00698. The van der Waals surface area contributed by atoms with Crippen LogP contribution in [0.25, 0.3) is 0 Å². The molecule has 10 heteroatoms. The van der Waals surface area contributed by atoms with Gasteiger partial charge in [-0.1, -0.05) is 0 Å². The maximum Gasteiger partial charge on any atom is 0.419 e. The minimum atomic E-state index is -4.42. The zero-order valence-corrected chi connectivity index (χ0v) is 16.2. The fourth-order valence-electron chi connectivity index (χ4n) is 3.46. The van der Waals surface area contributed by atoms with Crippen molar-refractivity contribution >= 4 is 5.82 Å². The van der Waals surface area contributed by atoms with E-state index in [4.69, 9.17) is 0 Å². The first-order valence-electron chi connectivity index (χ1n) is 9.55. The van der Waals surface area contributed by atoms with Crippen LogP contribution in [0.15, 0.2) is 34.1 Å². The molecule has 0 bridgehead atoms. The summed E-state index contributed by atoms with van der Waals surface area (Å²) in [4.78, 5) is 33.3. The molecule has 0 aliphatic carbocycles. The topological polar surface area (TPSA) is 74.2 Å². The zero-order valence-electron chi connectivity index (χ0n) is 16.2. The number of rotatable bonds is 6. The standard InChI is InChI=1S/C19H24F3N5O2/c1-14-13-27(18(29)24-17(14)28)8-3-2-7-25-9-11-26(12-10-25)16-15(19(20,21)22)5-4-6-23-16/h4-6,13H,2-3,7-12H2,1H3,(H,24,28,29). The van der Waals surface area contributed by atoms with Crippen molar-refractivity contribution in [2.75, 3.05) is 37.6 Å². The SMILES string of the molecule is Cc1cn(CCCCN2CCN(c3ncccc3C(F)(F)F)CC2)c(=O)[nH]c1=O. The van der Waals surface area contributed by atoms with E-state index in [1.807, 2.05) is 0 Å². The first kappa shape index (κ1) is 21.1. The molecular weight excluding hydrogens is 387 g/mol. The molecule has 3 rings (SSSR count). The van der Waals surface area contributed by atoms with Gasteiger partial charge in [-0.2, -0.15) is 13.2 Å². The molecule has 3 heterocycles. The number of aryl methyl sites for hydroxylation is 2. The molecule has 0 amide bonds. The van der Waals surface area contributed by atoms with Gasteiger partial charge in [0, 0.05) is 50.7 Å². The van der Waals surface area contributed by atoms with E-state index in [2.05, 4.69) is 14.9 Å². The van der Waals surface area contributed by atoms with E-state index in [-0.39, 0.29) is 11.4 Å². The summed E-state index contributed by atoms with van der Waals surface area (Å²) in [7, 11) is 0. The minimum Gasteiger partial charge on any atom is -0.354 e. The summed E-state index contributed by atoms with van der Waals surface area (Å²) in [5, 5.41) is 0. The van der Waals surface area contributed by atoms with E-state index in [1.54, 1.807) is 18.0 Å². The van der Waals surface area contributed by atoms with Gasteiger partial charge < -0.3 is 9.47 Å². The highest BCUT2D eigenvalue weighted by atomic mass is 19.4. The Morgan fingerprint density at radius 3 is 2.48 bits per heavy atom. The Morgan fingerprint density at radius 1 is 1.10 bits per heavy atom. The van der Waals surface area contributed by atoms with Crippen molar-refractivity contribution in [1.82, 2.24) is 19.4 Å². The van der Waals surface area contributed by atoms with Gasteiger partial charge in [0.1, 0.15) is 5.82 Å². The number of hydrogen-bond donors (Lipinski definition) is 1. The van der Waals surface area contributed by atoms with Crippen molar-refractivity contribution in [2.45, 2.75) is 32.5 Å². The van der Waals surface area contributed by atoms with Crippen LogP contribution in [-0.2, 0) is 12.7 Å². The van der Waals surface area contributed by atoms with Crippen LogP contribution in [0.4, 0.5) is 19.0 Å². The lowest BCUT2D eigenvalue weighted by Gasteiger charge is -2.36. The molecule has 2 aromatic heterocycles. The number of nitrogens with zero attached hydrogens (tertiary/aromatic N) is 4. The molecule has 7 nitrogen and oxygen atoms in total. The number of hydrogen-bond acceptors (Lipinski definition) is 5. The predicted octanol–water partition coefficient (Wildman–Crippen LogP) is 1.86. The number of pyridine rings is 1. The summed E-state index contributed by atoms with van der Waals surface area (Å²) < 4.78 is 41.0. The molecule has 1 aliphatic rings. The van der Waals surface area contributed by atoms with Gasteiger partial charge in [0.05, 0.1) is 5.56 Å². The van der Waals surface area contributed by atoms with Crippen LogP contribution >= 0.6 is 0 Å². The number of aromatic amines is 1. The highest BCUT2D eigenvalue weighted by molar-refractivity contribution is 5.48. The lowest BCUT2D eigenvalue weighted by Crippen LogP contribution is -2.47. The fourth-order valence-corrected chi connectivity index (χ4v) is 3.46. The molecular formula is C19H24F3N5O2. The molecule has 1 aliphatic heterocycles. The average molecular weight is 411 g/mol. The lowest BCUT2D eigenvalue weighted by molar-refractivity contribution is -0.137. The Morgan fingerprint density at radius 2 is 1.79 bits per heavy atom. The lowest BCUT2D eigenvalue weighted by atomic mass is 10.2. The van der Waals surface area contributed by atoms with E-state index in [0.717, 1.165) is 25.5 Å². The zero-order chi connectivity index (χ0) is 21.0. The highest BCUT2D eigenvalue weighted by Gasteiger charge is 2.36. The van der Waals surface area contributed by atoms with Crippen molar-refractivity contribution in [1.29, 1.82) is 0 Å². The van der Waals surface area contributed by atoms with Gasteiger partial charge in [-0.3, -0.25) is 14.7 Å². The Hall–Kier alpha value is -2.62. The highest BCUT2D eigenvalue weighted by Crippen LogP contribution is 2.35. The van der Waals surface area contributed by atoms with E-state index >= 15 is 0 Å². The molecule has 0 unspecified atom stereocenters. The number of aromatic nitrogens is 3. The number of anilines is 1. The smallest absolute Gasteiger partial charge is 0.354 e. The number of alkyl halides is 3. The van der Waals surface area contributed by atoms with E-state index < -0.39 is 17.4 Å². The summed E-state index contributed by atoms with van der Waals surface area (Å²) in [6.07, 6.45) is 0.146. The number of piperazine rings is 1. The second-order valence-electron chi connectivity index (χ2n) is 7.17. The fraction of sp³-hybridized carbons (Fsp3) is 0.526. The van der Waals surface area contributed by atoms with Crippen LogP contribution < -0.4 is 16.1 Å². The van der Waals surface area contributed by atoms with Crippen molar-refractivity contribution in [3.8, 4) is 0 Å². The average Bonchev–Trinajstić information content (AvgIpc) is 2.69. The normalized spacial score (nSPS) is 15.7. The van der Waals surface area contributed by atoms with Gasteiger partial charge in [0.15, 0.2) is 0 Å². The summed E-state index contributed by atoms with van der Waals surface area (Å²) >= 11 is 0. The van der Waals surface area contributed by atoms with Crippen LogP contribution in [0.2, 0.25) is 0 Å². The second-order valence-corrected chi connectivity index (χ2v) is 7.17. The van der Waals surface area contributed by atoms with Crippen LogP contribution in [0, 0.1) is 6.92 Å². The molecule has 0 spiro atoms. The Bertz CT molecular complexity index is 946. The molecule has 0 aromatic carbocycles. The molecule has 2 aromatic rings. The van der Waals surface area contributed by atoms with Crippen molar-refractivity contribution < 1.29 is 13.2 Å². The third-order valence-corrected chi connectivity index (χ3v) is 5.08. The van der Waals surface area contributed by atoms with Crippen LogP contribution in [0.3, 0.4) is 0 Å². The van der Waals surface area contributed by atoms with Gasteiger partial charge in [0.25, 0.3) is 5.56 Å². The molecule has 0 atom stereocenters. The molecule has 1 N–H and O–H groups in total. The van der Waals surface area contributed by atoms with Gasteiger partial charge >= 0.3 is 11.9 Å². The molecule has 29 heavy (non-hydrogen) atoms. The van der Waals surface area contributed by atoms with Gasteiger partial charge in [-0.25, -0.2) is 9.78 Å². The largest absolute Gasteiger partial charge is 0.419 e. The van der Waals surface area contributed by atoms with Crippen LogP contribution in [-0.4, -0.2) is 52.2 Å². The number of nitrogens with one attached hydrogen (secondary N) is 1. The Balaban J connectivity index is 1.47. The second kappa shape index (κ2) is 8.81. The Labute approximate surface area is 165 Å². The predicted molar refractivity (Wildman–Crippen MR) is 103 cm³/mol. The maximum atomic E-state index is 13.2. The van der Waals surface area contributed by atoms with Crippen LogP contribution in [0.5, 0.6) is 0 Å². The summed E-state index contributed by atoms with van der Waals surface area (Å²) in [5.41, 5.74) is -0.987. The van der Waals surface area contributed by atoms with Gasteiger partial charge in [-0.15, -0.1) is 0 Å². The van der Waals surface area contributed by atoms with Crippen LogP contribution in [0.1, 0.15) is 24.0 Å². The van der Waals surface area contributed by atoms with E-state index in [1.165, 1.54) is 16.8 Å². The molecule has 158 valence electrons. The number of unbranched alkanes of at least 4 members (excludes halogenated alkanes) is 1. The van der Waals surface area contributed by atoms with E-state index in [0.29, 0.717) is 38.3 Å². The number of H-pyrrole nitrogens is 1. The van der Waals surface area contributed by atoms with Gasteiger partial charge in [-0.05, 0) is 38.4 Å². The molecule has 0 saturated carbocycles. The minimum absolute atomic E-state index is 0.00698. The van der Waals surface area contributed by atoms with E-state index in [9.17, 15) is 22.8 Å². The number of halogens is 3. The Kier molecular flexibility index (Phi) is 6.41. The van der Waals surface area contributed by atoms with Gasteiger partial charge in [0.2, 0.25) is 0 Å². The third kappa shape index (κ3) is 5.26. The van der Waals surface area contributed by atoms with Crippen molar-refractivity contribution in [3.63, 3.8) is 0 Å². The third-order valence-electron chi connectivity index (χ3n) is 5.08. The maximum absolute atomic E-state index is 13.2. The van der Waals surface area contributed by atoms with Crippen molar-refractivity contribution in [2.24, 2.45) is 0 Å². The summed E-state index contributed by atoms with van der Waals surface area (Å²) in [6, 6.07) is 2.37. The first-order chi connectivity index (χ1) is 13.8. The first-order valence-corrected chi connectivity index (χ1v) is 9.55. The molecule has 1 saturated heterocycles. The quantitative estimate of drug-likeness (QED) is 0.735. The summed E-state index contributed by atoms with van der Waals surface area (Å²) in [6.45, 7) is 5.26. The molecule has 1 fully saturated rings. The van der Waals surface area contributed by atoms with Crippen molar-refractivity contribution in [3.05, 3.63) is 56.5 Å². The monoisotopic (exact) mass is 411 g/mol.